The number of hydrogen-bond acceptors (Lipinski definition) is 3. The van der Waals surface area contributed by atoms with Gasteiger partial charge in [0.15, 0.2) is 0 Å². The van der Waals surface area contributed by atoms with Crippen molar-refractivity contribution in [2.24, 2.45) is 0 Å². The first-order valence-corrected chi connectivity index (χ1v) is 8.53. The molecule has 2 N–H and O–H groups in total. The molecule has 6 heteroatoms. The molecule has 0 radical (unpaired) electrons. The van der Waals surface area contributed by atoms with Gasteiger partial charge < -0.3 is 10.6 Å². The smallest absolute Gasteiger partial charge is 0.246 e. The van der Waals surface area contributed by atoms with Crippen LogP contribution in [0, 0.1) is 5.82 Å². The topological polar surface area (TPSA) is 61.4 Å². The zero-order valence-corrected chi connectivity index (χ0v) is 15.0. The summed E-state index contributed by atoms with van der Waals surface area (Å²) in [4.78, 5) is 25.8. The summed E-state index contributed by atoms with van der Waals surface area (Å²) < 4.78 is 13.1. The molecule has 2 rings (SSSR count). The van der Waals surface area contributed by atoms with Crippen molar-refractivity contribution in [3.8, 4) is 0 Å². The van der Waals surface area contributed by atoms with Crippen molar-refractivity contribution in [1.29, 1.82) is 0 Å². The lowest BCUT2D eigenvalue weighted by molar-refractivity contribution is -0.121. The Morgan fingerprint density at radius 3 is 2.35 bits per heavy atom. The van der Waals surface area contributed by atoms with Crippen LogP contribution < -0.4 is 10.6 Å². The van der Waals surface area contributed by atoms with Crippen LogP contribution in [-0.2, 0) is 9.59 Å². The molecule has 0 fully saturated rings. The first kappa shape index (κ1) is 19.6. The Morgan fingerprint density at radius 1 is 1.08 bits per heavy atom. The molecule has 0 aromatic heterocycles. The van der Waals surface area contributed by atoms with Gasteiger partial charge in [0.1, 0.15) is 11.9 Å². The zero-order valence-electron chi connectivity index (χ0n) is 15.0. The first-order chi connectivity index (χ1) is 12.5. The summed E-state index contributed by atoms with van der Waals surface area (Å²) in [5.74, 6) is -0.608. The number of nitrogens with one attached hydrogen (secondary N) is 2. The fourth-order valence-corrected chi connectivity index (χ4v) is 2.71. The van der Waals surface area contributed by atoms with Crippen LogP contribution >= 0.6 is 0 Å². The second-order valence-electron chi connectivity index (χ2n) is 6.13. The van der Waals surface area contributed by atoms with Gasteiger partial charge in [-0.3, -0.25) is 14.5 Å². The maximum atomic E-state index is 13.1. The van der Waals surface area contributed by atoms with Crippen LogP contribution in [0.3, 0.4) is 0 Å². The van der Waals surface area contributed by atoms with Gasteiger partial charge in [0.05, 0.1) is 0 Å². The molecule has 0 heterocycles. The van der Waals surface area contributed by atoms with E-state index in [1.165, 1.54) is 31.2 Å². The predicted octanol–water partition coefficient (Wildman–Crippen LogP) is 2.96. The fourth-order valence-electron chi connectivity index (χ4n) is 2.71. The molecule has 0 bridgehead atoms. The lowest BCUT2D eigenvalue weighted by atomic mass is 10.0. The van der Waals surface area contributed by atoms with E-state index in [1.807, 2.05) is 42.3 Å². The van der Waals surface area contributed by atoms with Gasteiger partial charge in [-0.25, -0.2) is 4.39 Å². The van der Waals surface area contributed by atoms with Crippen molar-refractivity contribution in [2.75, 3.05) is 25.5 Å². The van der Waals surface area contributed by atoms with Crippen LogP contribution in [0.1, 0.15) is 24.9 Å². The number of rotatable bonds is 8. The number of hydrogen-bond donors (Lipinski definition) is 2. The highest BCUT2D eigenvalue weighted by Gasteiger charge is 2.25. The molecule has 2 aromatic rings. The Balaban J connectivity index is 2.08. The molecule has 26 heavy (non-hydrogen) atoms. The lowest BCUT2D eigenvalue weighted by Crippen LogP contribution is -2.36. The highest BCUT2D eigenvalue weighted by atomic mass is 19.1. The van der Waals surface area contributed by atoms with Gasteiger partial charge in [-0.15, -0.1) is 0 Å². The quantitative estimate of drug-likeness (QED) is 0.714. The zero-order chi connectivity index (χ0) is 18.9. The molecule has 1 atom stereocenters. The Kier molecular flexibility index (Phi) is 7.29. The molecular formula is C20H24FN3O2. The van der Waals surface area contributed by atoms with Gasteiger partial charge in [0, 0.05) is 25.7 Å². The van der Waals surface area contributed by atoms with Crippen LogP contribution in [-0.4, -0.2) is 36.9 Å². The molecule has 2 aromatic carbocycles. The van der Waals surface area contributed by atoms with Crippen LogP contribution in [0.5, 0.6) is 0 Å². The van der Waals surface area contributed by atoms with Crippen molar-refractivity contribution in [1.82, 2.24) is 10.2 Å². The first-order valence-electron chi connectivity index (χ1n) is 8.53. The van der Waals surface area contributed by atoms with E-state index in [0.29, 0.717) is 18.8 Å². The standard InChI is InChI=1S/C20H24FN3O2/c1-15(25)22-13-6-14-24(2)19(16-7-4-3-5-8-16)20(26)23-18-11-9-17(21)10-12-18/h3-5,7-12,19H,6,13-14H2,1-2H3,(H,22,25)(H,23,26). The normalized spacial score (nSPS) is 11.8. The maximum Gasteiger partial charge on any atom is 0.246 e. The average Bonchev–Trinajstić information content (AvgIpc) is 2.62. The summed E-state index contributed by atoms with van der Waals surface area (Å²) in [6, 6.07) is 14.7. The molecule has 1 unspecified atom stereocenters. The van der Waals surface area contributed by atoms with Crippen LogP contribution in [0.2, 0.25) is 0 Å². The molecule has 0 spiro atoms. The summed E-state index contributed by atoms with van der Waals surface area (Å²) in [5, 5.41) is 5.59. The predicted molar refractivity (Wildman–Crippen MR) is 100 cm³/mol. The number of carbonyl (C=O) groups is 2. The number of amides is 2. The molecule has 0 saturated carbocycles. The van der Waals surface area contributed by atoms with E-state index >= 15 is 0 Å². The molecular weight excluding hydrogens is 333 g/mol. The SMILES string of the molecule is CC(=O)NCCCN(C)C(C(=O)Nc1ccc(F)cc1)c1ccccc1. The van der Waals surface area contributed by atoms with Crippen molar-refractivity contribution in [3.05, 3.63) is 66.0 Å². The Labute approximate surface area is 153 Å². The van der Waals surface area contributed by atoms with Crippen LogP contribution in [0.4, 0.5) is 10.1 Å². The van der Waals surface area contributed by atoms with Gasteiger partial charge in [-0.2, -0.15) is 0 Å². The molecule has 0 saturated heterocycles. The number of likely N-dealkylation sites (N-methyl/N-ethyl adjacent to an activating group) is 1. The van der Waals surface area contributed by atoms with Gasteiger partial charge in [-0.1, -0.05) is 30.3 Å². The summed E-state index contributed by atoms with van der Waals surface area (Å²) in [6.07, 6.45) is 0.725. The monoisotopic (exact) mass is 357 g/mol. The summed E-state index contributed by atoms with van der Waals surface area (Å²) in [6.45, 7) is 2.67. The highest BCUT2D eigenvalue weighted by Crippen LogP contribution is 2.22. The Bertz CT molecular complexity index is 720. The van der Waals surface area contributed by atoms with Gasteiger partial charge in [-0.05, 0) is 43.3 Å². The number of anilines is 1. The third kappa shape index (κ3) is 5.97. The van der Waals surface area contributed by atoms with E-state index in [-0.39, 0.29) is 17.6 Å². The highest BCUT2D eigenvalue weighted by molar-refractivity contribution is 5.95. The minimum atomic E-state index is -0.487. The molecule has 0 aliphatic carbocycles. The van der Waals surface area contributed by atoms with E-state index in [2.05, 4.69) is 10.6 Å². The number of benzene rings is 2. The number of carbonyl (C=O) groups excluding carboxylic acids is 2. The number of halogens is 1. The van der Waals surface area contributed by atoms with Crippen molar-refractivity contribution in [2.45, 2.75) is 19.4 Å². The summed E-state index contributed by atoms with van der Waals surface area (Å²) in [5.41, 5.74) is 1.41. The molecule has 0 aliphatic rings. The van der Waals surface area contributed by atoms with Crippen LogP contribution in [0.15, 0.2) is 54.6 Å². The van der Waals surface area contributed by atoms with Crippen molar-refractivity contribution >= 4 is 17.5 Å². The maximum absolute atomic E-state index is 13.1. The molecule has 2 amide bonds. The Hall–Kier alpha value is -2.73. The minimum absolute atomic E-state index is 0.0682. The Morgan fingerprint density at radius 2 is 1.73 bits per heavy atom. The van der Waals surface area contributed by atoms with Gasteiger partial charge in [0.25, 0.3) is 0 Å². The molecule has 138 valence electrons. The molecule has 5 nitrogen and oxygen atoms in total. The van der Waals surface area contributed by atoms with E-state index in [4.69, 9.17) is 0 Å². The largest absolute Gasteiger partial charge is 0.356 e. The second kappa shape index (κ2) is 9.68. The summed E-state index contributed by atoms with van der Waals surface area (Å²) >= 11 is 0. The van der Waals surface area contributed by atoms with Crippen LogP contribution in [0.25, 0.3) is 0 Å². The van der Waals surface area contributed by atoms with Gasteiger partial charge >= 0.3 is 0 Å². The van der Waals surface area contributed by atoms with E-state index in [1.54, 1.807) is 0 Å². The van der Waals surface area contributed by atoms with E-state index in [0.717, 1.165) is 12.0 Å². The van der Waals surface area contributed by atoms with Crippen molar-refractivity contribution in [3.63, 3.8) is 0 Å². The lowest BCUT2D eigenvalue weighted by Gasteiger charge is -2.27. The summed E-state index contributed by atoms with van der Waals surface area (Å²) in [7, 11) is 1.87. The van der Waals surface area contributed by atoms with Crippen molar-refractivity contribution < 1.29 is 14.0 Å². The minimum Gasteiger partial charge on any atom is -0.356 e. The average molecular weight is 357 g/mol. The van der Waals surface area contributed by atoms with E-state index < -0.39 is 6.04 Å². The number of nitrogens with zero attached hydrogens (tertiary/aromatic N) is 1. The second-order valence-corrected chi connectivity index (χ2v) is 6.13. The third-order valence-corrected chi connectivity index (χ3v) is 3.98. The third-order valence-electron chi connectivity index (χ3n) is 3.98. The fraction of sp³-hybridized carbons (Fsp3) is 0.300. The van der Waals surface area contributed by atoms with Gasteiger partial charge in [0.2, 0.25) is 11.8 Å². The molecule has 0 aliphatic heterocycles. The van der Waals surface area contributed by atoms with E-state index in [9.17, 15) is 14.0 Å².